The van der Waals surface area contributed by atoms with E-state index >= 15 is 0 Å². The van der Waals surface area contributed by atoms with Gasteiger partial charge in [-0.2, -0.15) is 5.10 Å². The molecule has 5 nitrogen and oxygen atoms in total. The molecule has 0 saturated carbocycles. The van der Waals surface area contributed by atoms with Crippen LogP contribution in [0.5, 0.6) is 0 Å². The fourth-order valence-electron chi connectivity index (χ4n) is 2.95. The van der Waals surface area contributed by atoms with Gasteiger partial charge < -0.3 is 10.2 Å². The van der Waals surface area contributed by atoms with Gasteiger partial charge in [0.15, 0.2) is 5.96 Å². The van der Waals surface area contributed by atoms with E-state index in [0.29, 0.717) is 0 Å². The third-order valence-electron chi connectivity index (χ3n) is 4.25. The molecule has 1 saturated heterocycles. The Hall–Kier alpha value is -0.790. The third-order valence-corrected chi connectivity index (χ3v) is 4.25. The van der Waals surface area contributed by atoms with Gasteiger partial charge >= 0.3 is 0 Å². The predicted molar refractivity (Wildman–Crippen MR) is 98.3 cm³/mol. The zero-order valence-electron chi connectivity index (χ0n) is 13.8. The monoisotopic (exact) mass is 405 g/mol. The van der Waals surface area contributed by atoms with Crippen molar-refractivity contribution >= 4 is 29.9 Å². The van der Waals surface area contributed by atoms with Gasteiger partial charge in [-0.3, -0.25) is 9.67 Å². The van der Waals surface area contributed by atoms with Crippen molar-refractivity contribution in [3.63, 3.8) is 0 Å². The number of aliphatic imine (C=N–C) groups is 1. The fourth-order valence-corrected chi connectivity index (χ4v) is 2.95. The zero-order chi connectivity index (χ0) is 14.7. The van der Waals surface area contributed by atoms with Crippen LogP contribution in [0.4, 0.5) is 0 Å². The summed E-state index contributed by atoms with van der Waals surface area (Å²) in [5, 5.41) is 7.96. The average Bonchev–Trinajstić information content (AvgIpc) is 2.65. The first kappa shape index (κ1) is 18.3. The van der Waals surface area contributed by atoms with Crippen molar-refractivity contribution in [2.24, 2.45) is 18.0 Å². The smallest absolute Gasteiger partial charge is 0.193 e. The summed E-state index contributed by atoms with van der Waals surface area (Å²) in [7, 11) is 3.86. The largest absolute Gasteiger partial charge is 0.352 e. The van der Waals surface area contributed by atoms with Crippen molar-refractivity contribution in [2.45, 2.75) is 40.2 Å². The standard InChI is InChI=1S/C15H27N5.HI/c1-11-7-6-8-20(10-11)15(16-4)17-9-14-12(2)18-19(5)13(14)3;/h11H,6-10H2,1-5H3,(H,16,17);1H. The van der Waals surface area contributed by atoms with E-state index in [2.05, 4.69) is 41.1 Å². The molecule has 2 heterocycles. The molecule has 1 aliphatic rings. The Labute approximate surface area is 145 Å². The Morgan fingerprint density at radius 1 is 1.43 bits per heavy atom. The number of hydrogen-bond acceptors (Lipinski definition) is 2. The normalized spacial score (nSPS) is 19.4. The summed E-state index contributed by atoms with van der Waals surface area (Å²) in [4.78, 5) is 6.80. The van der Waals surface area contributed by atoms with Crippen molar-refractivity contribution in [1.29, 1.82) is 0 Å². The summed E-state index contributed by atoms with van der Waals surface area (Å²) in [6.45, 7) is 9.50. The highest BCUT2D eigenvalue weighted by Crippen LogP contribution is 2.16. The van der Waals surface area contributed by atoms with Crippen LogP contribution in [0.1, 0.15) is 36.7 Å². The molecule has 1 atom stereocenters. The first-order chi connectivity index (χ1) is 9.52. The van der Waals surface area contributed by atoms with Gasteiger partial charge in [-0.25, -0.2) is 0 Å². The first-order valence-electron chi connectivity index (χ1n) is 7.47. The van der Waals surface area contributed by atoms with E-state index in [1.807, 2.05) is 18.8 Å². The summed E-state index contributed by atoms with van der Waals surface area (Å²) < 4.78 is 1.94. The Kier molecular flexibility index (Phi) is 6.96. The molecule has 1 N–H and O–H groups in total. The number of halogens is 1. The Morgan fingerprint density at radius 3 is 2.67 bits per heavy atom. The Bertz CT molecular complexity index is 494. The van der Waals surface area contributed by atoms with E-state index in [1.54, 1.807) is 0 Å². The number of nitrogens with one attached hydrogen (secondary N) is 1. The number of rotatable bonds is 2. The molecule has 120 valence electrons. The second-order valence-corrected chi connectivity index (χ2v) is 5.87. The number of guanidine groups is 1. The minimum absolute atomic E-state index is 0. The highest BCUT2D eigenvalue weighted by atomic mass is 127. The second-order valence-electron chi connectivity index (χ2n) is 5.87. The number of likely N-dealkylation sites (tertiary alicyclic amines) is 1. The summed E-state index contributed by atoms with van der Waals surface area (Å²) in [5.74, 6) is 1.77. The van der Waals surface area contributed by atoms with Gasteiger partial charge in [-0.1, -0.05) is 6.92 Å². The highest BCUT2D eigenvalue weighted by Gasteiger charge is 2.19. The van der Waals surface area contributed by atoms with Gasteiger partial charge in [0.1, 0.15) is 0 Å². The minimum atomic E-state index is 0. The van der Waals surface area contributed by atoms with E-state index in [4.69, 9.17) is 0 Å². The van der Waals surface area contributed by atoms with E-state index in [9.17, 15) is 0 Å². The number of nitrogens with zero attached hydrogens (tertiary/aromatic N) is 4. The maximum Gasteiger partial charge on any atom is 0.193 e. The van der Waals surface area contributed by atoms with Crippen LogP contribution in [0.2, 0.25) is 0 Å². The van der Waals surface area contributed by atoms with Crippen LogP contribution in [-0.2, 0) is 13.6 Å². The quantitative estimate of drug-likeness (QED) is 0.467. The zero-order valence-corrected chi connectivity index (χ0v) is 16.1. The molecule has 1 unspecified atom stereocenters. The number of piperidine rings is 1. The Morgan fingerprint density at radius 2 is 2.14 bits per heavy atom. The maximum absolute atomic E-state index is 4.46. The molecule has 0 aromatic carbocycles. The van der Waals surface area contributed by atoms with Crippen molar-refractivity contribution in [1.82, 2.24) is 20.0 Å². The molecule has 21 heavy (non-hydrogen) atoms. The summed E-state index contributed by atoms with van der Waals surface area (Å²) in [6.07, 6.45) is 2.58. The van der Waals surface area contributed by atoms with Crippen LogP contribution < -0.4 is 5.32 Å². The van der Waals surface area contributed by atoms with Crippen LogP contribution in [-0.4, -0.2) is 40.8 Å². The van der Waals surface area contributed by atoms with Crippen LogP contribution >= 0.6 is 24.0 Å². The fraction of sp³-hybridized carbons (Fsp3) is 0.733. The molecule has 1 aromatic heterocycles. The number of hydrogen-bond donors (Lipinski definition) is 1. The minimum Gasteiger partial charge on any atom is -0.352 e. The lowest BCUT2D eigenvalue weighted by molar-refractivity contribution is 0.266. The molecule has 0 amide bonds. The van der Waals surface area contributed by atoms with Gasteiger partial charge in [0, 0.05) is 45.0 Å². The molecular weight excluding hydrogens is 377 g/mol. The molecule has 1 fully saturated rings. The molecule has 6 heteroatoms. The Balaban J connectivity index is 0.00000220. The molecule has 2 rings (SSSR count). The van der Waals surface area contributed by atoms with Crippen molar-refractivity contribution in [3.8, 4) is 0 Å². The lowest BCUT2D eigenvalue weighted by atomic mass is 10.0. The van der Waals surface area contributed by atoms with E-state index in [0.717, 1.165) is 37.2 Å². The molecule has 0 spiro atoms. The summed E-state index contributed by atoms with van der Waals surface area (Å²) in [5.41, 5.74) is 3.59. The van der Waals surface area contributed by atoms with Crippen molar-refractivity contribution in [3.05, 3.63) is 17.0 Å². The highest BCUT2D eigenvalue weighted by molar-refractivity contribution is 14.0. The average molecular weight is 405 g/mol. The van der Waals surface area contributed by atoms with Gasteiger partial charge in [0.25, 0.3) is 0 Å². The van der Waals surface area contributed by atoms with Crippen LogP contribution in [0, 0.1) is 19.8 Å². The summed E-state index contributed by atoms with van der Waals surface area (Å²) >= 11 is 0. The van der Waals surface area contributed by atoms with Crippen LogP contribution in [0.25, 0.3) is 0 Å². The van der Waals surface area contributed by atoms with Gasteiger partial charge in [0.2, 0.25) is 0 Å². The predicted octanol–water partition coefficient (Wildman–Crippen LogP) is 2.46. The van der Waals surface area contributed by atoms with Gasteiger partial charge in [0.05, 0.1) is 5.69 Å². The number of aromatic nitrogens is 2. The van der Waals surface area contributed by atoms with E-state index in [-0.39, 0.29) is 24.0 Å². The second kappa shape index (κ2) is 8.00. The molecule has 0 bridgehead atoms. The molecular formula is C15H28IN5. The third kappa shape index (κ3) is 4.34. The van der Waals surface area contributed by atoms with Gasteiger partial charge in [-0.05, 0) is 32.6 Å². The maximum atomic E-state index is 4.46. The van der Waals surface area contributed by atoms with Gasteiger partial charge in [-0.15, -0.1) is 24.0 Å². The van der Waals surface area contributed by atoms with Crippen LogP contribution in [0.3, 0.4) is 0 Å². The van der Waals surface area contributed by atoms with Crippen molar-refractivity contribution in [2.75, 3.05) is 20.1 Å². The summed E-state index contributed by atoms with van der Waals surface area (Å²) in [6, 6.07) is 0. The topological polar surface area (TPSA) is 45.5 Å². The molecule has 1 aliphatic heterocycles. The molecule has 0 radical (unpaired) electrons. The first-order valence-corrected chi connectivity index (χ1v) is 7.47. The number of aryl methyl sites for hydroxylation is 2. The van der Waals surface area contributed by atoms with E-state index < -0.39 is 0 Å². The SMILES string of the molecule is CN=C(NCc1c(C)nn(C)c1C)N1CCCC(C)C1.I. The molecule has 1 aromatic rings. The lowest BCUT2D eigenvalue weighted by Gasteiger charge is -2.33. The molecule has 0 aliphatic carbocycles. The lowest BCUT2D eigenvalue weighted by Crippen LogP contribution is -2.46. The van der Waals surface area contributed by atoms with Crippen LogP contribution in [0.15, 0.2) is 4.99 Å². The van der Waals surface area contributed by atoms with E-state index in [1.165, 1.54) is 24.1 Å². The van der Waals surface area contributed by atoms with Crippen molar-refractivity contribution < 1.29 is 0 Å².